The highest BCUT2D eigenvalue weighted by molar-refractivity contribution is 5.96. The third-order valence-corrected chi connectivity index (χ3v) is 9.39. The van der Waals surface area contributed by atoms with Crippen molar-refractivity contribution in [2.24, 2.45) is 0 Å². The summed E-state index contributed by atoms with van der Waals surface area (Å²) in [6.45, 7) is 4.59. The molecule has 2 aromatic heterocycles. The smallest absolute Gasteiger partial charge is 0.320 e. The maximum absolute atomic E-state index is 13.4. The molecule has 2 aromatic rings. The maximum Gasteiger partial charge on any atom is 0.320 e. The number of hydrogen-bond donors (Lipinski definition) is 5. The van der Waals surface area contributed by atoms with Crippen LogP contribution in [0, 0.1) is 0 Å². The number of pyridine rings is 1. The zero-order valence-electron chi connectivity index (χ0n) is 29.5. The van der Waals surface area contributed by atoms with Crippen LogP contribution in [-0.2, 0) is 25.7 Å². The Morgan fingerprint density at radius 3 is 1.79 bits per heavy atom. The molecule has 2 aliphatic rings. The standard InChI is InChI=1S/C33H49N9O10/c1-2-40-19-24(29(49)23-18-35-33(36-30(23)40)42-8-3-4-9-42)31(50)34-7-5-6-25(32(51)52)41-16-14-38(21-27(45)46)12-10-37(20-26(43)44)11-13-39(15-17-41)22-28(47)48/h18-19,25H,2-17,20-22H2,1H3,(H,34,50)(H,43,44)(H,45,46)(H,47,48)(H,51,52). The molecule has 2 fully saturated rings. The van der Waals surface area contributed by atoms with Crippen molar-refractivity contribution < 1.29 is 44.4 Å². The molecule has 1 unspecified atom stereocenters. The van der Waals surface area contributed by atoms with Gasteiger partial charge in [-0.15, -0.1) is 0 Å². The van der Waals surface area contributed by atoms with Crippen LogP contribution in [0.3, 0.4) is 0 Å². The van der Waals surface area contributed by atoms with Crippen LogP contribution < -0.4 is 15.6 Å². The van der Waals surface area contributed by atoms with Crippen molar-refractivity contribution in [2.45, 2.75) is 45.2 Å². The molecule has 5 N–H and O–H groups in total. The van der Waals surface area contributed by atoms with E-state index in [1.807, 2.05) is 6.92 Å². The Labute approximate surface area is 300 Å². The quantitative estimate of drug-likeness (QED) is 0.136. The number of nitrogens with zero attached hydrogens (tertiary/aromatic N) is 8. The number of nitrogens with one attached hydrogen (secondary N) is 1. The summed E-state index contributed by atoms with van der Waals surface area (Å²) in [6, 6.07) is -1.04. The normalized spacial score (nSPS) is 18.1. The number of carboxylic acids is 4. The topological polar surface area (TPSA) is 242 Å². The van der Waals surface area contributed by atoms with E-state index >= 15 is 0 Å². The largest absolute Gasteiger partial charge is 0.480 e. The van der Waals surface area contributed by atoms with E-state index in [9.17, 15) is 49.2 Å². The van der Waals surface area contributed by atoms with E-state index < -0.39 is 41.3 Å². The van der Waals surface area contributed by atoms with Crippen molar-refractivity contribution in [1.82, 2.24) is 39.5 Å². The number of rotatable bonds is 15. The second-order valence-electron chi connectivity index (χ2n) is 13.1. The first-order chi connectivity index (χ1) is 24.9. The highest BCUT2D eigenvalue weighted by Crippen LogP contribution is 2.18. The molecule has 2 saturated heterocycles. The molecule has 1 atom stereocenters. The molecule has 4 rings (SSSR count). The molecule has 0 saturated carbocycles. The number of fused-ring (bicyclic) bond motifs is 1. The van der Waals surface area contributed by atoms with E-state index in [1.165, 1.54) is 12.4 Å². The Balaban J connectivity index is 1.44. The van der Waals surface area contributed by atoms with Gasteiger partial charge in [-0.3, -0.25) is 48.4 Å². The lowest BCUT2D eigenvalue weighted by Crippen LogP contribution is -2.52. The number of aliphatic carboxylic acids is 4. The van der Waals surface area contributed by atoms with E-state index in [2.05, 4.69) is 20.2 Å². The molecular weight excluding hydrogens is 682 g/mol. The Hall–Kier alpha value is -4.72. The number of carbonyl (C=O) groups excluding carboxylic acids is 1. The summed E-state index contributed by atoms with van der Waals surface area (Å²) in [5, 5.41) is 41.5. The number of hydrogen-bond acceptors (Lipinski definition) is 13. The molecule has 2 aliphatic heterocycles. The van der Waals surface area contributed by atoms with Crippen molar-refractivity contribution in [3.05, 3.63) is 28.2 Å². The first-order valence-electron chi connectivity index (χ1n) is 17.6. The van der Waals surface area contributed by atoms with E-state index in [1.54, 1.807) is 24.2 Å². The molecule has 52 heavy (non-hydrogen) atoms. The summed E-state index contributed by atoms with van der Waals surface area (Å²) in [5.74, 6) is -4.43. The van der Waals surface area contributed by atoms with Gasteiger partial charge in [-0.25, -0.2) is 4.98 Å². The highest BCUT2D eigenvalue weighted by Gasteiger charge is 2.28. The first-order valence-corrected chi connectivity index (χ1v) is 17.6. The molecule has 19 heteroatoms. The van der Waals surface area contributed by atoms with Crippen LogP contribution in [0.25, 0.3) is 11.0 Å². The van der Waals surface area contributed by atoms with Crippen molar-refractivity contribution in [3.63, 3.8) is 0 Å². The minimum atomic E-state index is -1.13. The Morgan fingerprint density at radius 1 is 0.788 bits per heavy atom. The fourth-order valence-electron chi connectivity index (χ4n) is 6.60. The van der Waals surface area contributed by atoms with Gasteiger partial charge in [0.15, 0.2) is 0 Å². The third kappa shape index (κ3) is 11.4. The van der Waals surface area contributed by atoms with Gasteiger partial charge in [0.05, 0.1) is 25.0 Å². The Kier molecular flexibility index (Phi) is 14.8. The number of anilines is 1. The van der Waals surface area contributed by atoms with Crippen molar-refractivity contribution in [2.75, 3.05) is 96.5 Å². The Bertz CT molecular complexity index is 1620. The minimum Gasteiger partial charge on any atom is -0.480 e. The zero-order chi connectivity index (χ0) is 37.8. The molecule has 19 nitrogen and oxygen atoms in total. The van der Waals surface area contributed by atoms with Gasteiger partial charge in [0, 0.05) is 90.9 Å². The molecular formula is C33H49N9O10. The summed E-state index contributed by atoms with van der Waals surface area (Å²) >= 11 is 0. The van der Waals surface area contributed by atoms with Gasteiger partial charge in [0.1, 0.15) is 17.3 Å². The van der Waals surface area contributed by atoms with Gasteiger partial charge in [0.25, 0.3) is 5.91 Å². The summed E-state index contributed by atoms with van der Waals surface area (Å²) in [6.07, 6.45) is 5.35. The van der Waals surface area contributed by atoms with Crippen LogP contribution in [-0.4, -0.2) is 182 Å². The predicted octanol–water partition coefficient (Wildman–Crippen LogP) is -1.15. The Morgan fingerprint density at radius 2 is 1.31 bits per heavy atom. The second-order valence-corrected chi connectivity index (χ2v) is 13.1. The fraction of sp³-hybridized carbons (Fsp3) is 0.636. The number of carbonyl (C=O) groups is 5. The maximum atomic E-state index is 13.4. The molecule has 0 radical (unpaired) electrons. The van der Waals surface area contributed by atoms with E-state index in [0.29, 0.717) is 18.1 Å². The van der Waals surface area contributed by atoms with Crippen LogP contribution in [0.4, 0.5) is 5.95 Å². The summed E-state index contributed by atoms with van der Waals surface area (Å²) < 4.78 is 1.73. The number of carboxylic acid groups (broad SMARTS) is 4. The predicted molar refractivity (Wildman–Crippen MR) is 188 cm³/mol. The van der Waals surface area contributed by atoms with E-state index in [-0.39, 0.29) is 102 Å². The summed E-state index contributed by atoms with van der Waals surface area (Å²) in [5.41, 5.74) is -0.141. The second kappa shape index (κ2) is 19.2. The van der Waals surface area contributed by atoms with Gasteiger partial charge in [-0.05, 0) is 32.6 Å². The van der Waals surface area contributed by atoms with Crippen molar-refractivity contribution in [3.8, 4) is 0 Å². The summed E-state index contributed by atoms with van der Waals surface area (Å²) in [7, 11) is 0. The minimum absolute atomic E-state index is 0.0696. The monoisotopic (exact) mass is 731 g/mol. The number of aryl methyl sites for hydroxylation is 1. The van der Waals surface area contributed by atoms with Crippen molar-refractivity contribution in [1.29, 1.82) is 0 Å². The van der Waals surface area contributed by atoms with Crippen LogP contribution in [0.15, 0.2) is 17.2 Å². The van der Waals surface area contributed by atoms with Gasteiger partial charge in [-0.1, -0.05) is 0 Å². The fourth-order valence-corrected chi connectivity index (χ4v) is 6.60. The zero-order valence-corrected chi connectivity index (χ0v) is 29.5. The van der Waals surface area contributed by atoms with Gasteiger partial charge in [-0.2, -0.15) is 4.98 Å². The van der Waals surface area contributed by atoms with Crippen molar-refractivity contribution >= 4 is 46.8 Å². The molecule has 286 valence electrons. The molecule has 0 aliphatic carbocycles. The number of aromatic nitrogens is 3. The highest BCUT2D eigenvalue weighted by atomic mass is 16.4. The summed E-state index contributed by atoms with van der Waals surface area (Å²) in [4.78, 5) is 91.4. The first kappa shape index (κ1) is 40.1. The lowest BCUT2D eigenvalue weighted by molar-refractivity contribution is -0.145. The average Bonchev–Trinajstić information content (AvgIpc) is 3.63. The van der Waals surface area contributed by atoms with Gasteiger partial charge in [0.2, 0.25) is 11.4 Å². The lowest BCUT2D eigenvalue weighted by atomic mass is 10.1. The average molecular weight is 732 g/mol. The van der Waals surface area contributed by atoms with Crippen LogP contribution in [0.2, 0.25) is 0 Å². The molecule has 0 aromatic carbocycles. The molecule has 1 amide bonds. The van der Waals surface area contributed by atoms with Gasteiger partial charge >= 0.3 is 23.9 Å². The van der Waals surface area contributed by atoms with Crippen LogP contribution in [0.1, 0.15) is 43.0 Å². The van der Waals surface area contributed by atoms with E-state index in [4.69, 9.17) is 0 Å². The third-order valence-electron chi connectivity index (χ3n) is 9.39. The van der Waals surface area contributed by atoms with Gasteiger partial charge < -0.3 is 35.2 Å². The molecule has 0 spiro atoms. The lowest BCUT2D eigenvalue weighted by Gasteiger charge is -2.35. The van der Waals surface area contributed by atoms with E-state index in [0.717, 1.165) is 25.9 Å². The van der Waals surface area contributed by atoms with Crippen LogP contribution in [0.5, 0.6) is 0 Å². The molecule has 4 heterocycles. The SMILES string of the molecule is CCn1cc(C(=O)NCCCC(C(=O)O)N2CCN(CC(=O)O)CCN(CC(=O)O)CCN(CC(=O)O)CC2)c(=O)c2cnc(N3CCCC3)nc21. The van der Waals surface area contributed by atoms with Crippen LogP contribution >= 0.6 is 0 Å². The number of amides is 1. The molecule has 0 bridgehead atoms.